The molecule has 0 aliphatic rings. The van der Waals surface area contributed by atoms with Crippen LogP contribution in [-0.4, -0.2) is 21.1 Å². The second-order valence-corrected chi connectivity index (χ2v) is 4.70. The van der Waals surface area contributed by atoms with Crippen LogP contribution in [0.25, 0.3) is 0 Å². The average Bonchev–Trinajstić information content (AvgIpc) is 2.80. The molecular formula is C14H19N5O. The maximum absolute atomic E-state index is 12.0. The molecule has 0 aromatic carbocycles. The molecule has 2 aromatic rings. The van der Waals surface area contributed by atoms with E-state index in [1.54, 1.807) is 6.20 Å². The summed E-state index contributed by atoms with van der Waals surface area (Å²) in [6.07, 6.45) is 3.47. The Balaban J connectivity index is 1.99. The topological polar surface area (TPSA) is 96.7 Å². The molecule has 0 aliphatic heterocycles. The number of carbonyl (C=O) groups is 1. The van der Waals surface area contributed by atoms with Gasteiger partial charge in [-0.3, -0.25) is 14.9 Å². The van der Waals surface area contributed by atoms with Crippen molar-refractivity contribution in [2.24, 2.45) is 0 Å². The molecule has 4 N–H and O–H groups in total. The van der Waals surface area contributed by atoms with Crippen LogP contribution in [-0.2, 0) is 13.0 Å². The van der Waals surface area contributed by atoms with Gasteiger partial charge in [0.1, 0.15) is 0 Å². The summed E-state index contributed by atoms with van der Waals surface area (Å²) in [6.45, 7) is 4.37. The molecule has 106 valence electrons. The van der Waals surface area contributed by atoms with Gasteiger partial charge in [0.2, 0.25) is 0 Å². The van der Waals surface area contributed by atoms with Crippen molar-refractivity contribution in [3.8, 4) is 0 Å². The predicted octanol–water partition coefficient (Wildman–Crippen LogP) is 1.58. The molecule has 2 aromatic heterocycles. The molecule has 0 bridgehead atoms. The molecule has 20 heavy (non-hydrogen) atoms. The van der Waals surface area contributed by atoms with Gasteiger partial charge in [-0.1, -0.05) is 19.4 Å². The van der Waals surface area contributed by atoms with Crippen molar-refractivity contribution in [3.05, 3.63) is 41.0 Å². The standard InChI is InChI=1S/C14H19N5O/c1-3-4-11-12(15)13(19-18-11)14(20)17-8-10-6-5-9(2)16-7-10/h5-7H,3-4,8,15H2,1-2H3,(H,17,20)(H,18,19). The third-order valence-electron chi connectivity index (χ3n) is 3.02. The highest BCUT2D eigenvalue weighted by Gasteiger charge is 2.16. The van der Waals surface area contributed by atoms with Crippen LogP contribution in [0.1, 0.15) is 40.8 Å². The van der Waals surface area contributed by atoms with Gasteiger partial charge in [0, 0.05) is 18.4 Å². The van der Waals surface area contributed by atoms with Crippen LogP contribution in [0.15, 0.2) is 18.3 Å². The largest absolute Gasteiger partial charge is 0.395 e. The lowest BCUT2D eigenvalue weighted by molar-refractivity contribution is 0.0946. The minimum Gasteiger partial charge on any atom is -0.395 e. The van der Waals surface area contributed by atoms with Gasteiger partial charge in [0.05, 0.1) is 11.4 Å². The maximum Gasteiger partial charge on any atom is 0.274 e. The Bertz CT molecular complexity index is 588. The molecule has 6 heteroatoms. The summed E-state index contributed by atoms with van der Waals surface area (Å²) in [5, 5.41) is 9.59. The molecule has 0 saturated heterocycles. The van der Waals surface area contributed by atoms with Gasteiger partial charge in [-0.25, -0.2) is 0 Å². The van der Waals surface area contributed by atoms with Crippen molar-refractivity contribution in [2.75, 3.05) is 5.73 Å². The number of nitrogens with one attached hydrogen (secondary N) is 2. The Hall–Kier alpha value is -2.37. The Kier molecular flexibility index (Phi) is 4.34. The van der Waals surface area contributed by atoms with Crippen molar-refractivity contribution < 1.29 is 4.79 Å². The minimum atomic E-state index is -0.276. The summed E-state index contributed by atoms with van der Waals surface area (Å²) < 4.78 is 0. The molecule has 2 rings (SSSR count). The summed E-state index contributed by atoms with van der Waals surface area (Å²) >= 11 is 0. The Morgan fingerprint density at radius 1 is 1.45 bits per heavy atom. The lowest BCUT2D eigenvalue weighted by Crippen LogP contribution is -2.24. The Morgan fingerprint density at radius 3 is 2.90 bits per heavy atom. The smallest absolute Gasteiger partial charge is 0.274 e. The van der Waals surface area contributed by atoms with Gasteiger partial charge in [-0.2, -0.15) is 5.10 Å². The molecule has 0 radical (unpaired) electrons. The molecule has 0 spiro atoms. The highest BCUT2D eigenvalue weighted by Crippen LogP contribution is 2.15. The van der Waals surface area contributed by atoms with E-state index < -0.39 is 0 Å². The molecular weight excluding hydrogens is 254 g/mol. The Labute approximate surface area is 117 Å². The number of hydrogen-bond donors (Lipinski definition) is 3. The number of pyridine rings is 1. The number of aryl methyl sites for hydroxylation is 2. The summed E-state index contributed by atoms with van der Waals surface area (Å²) in [6, 6.07) is 3.84. The molecule has 1 amide bonds. The fourth-order valence-electron chi connectivity index (χ4n) is 1.87. The number of aromatic amines is 1. The van der Waals surface area contributed by atoms with E-state index in [1.165, 1.54) is 0 Å². The first-order chi connectivity index (χ1) is 9.61. The van der Waals surface area contributed by atoms with Gasteiger partial charge in [-0.05, 0) is 25.0 Å². The van der Waals surface area contributed by atoms with Crippen LogP contribution in [0.5, 0.6) is 0 Å². The molecule has 0 unspecified atom stereocenters. The zero-order chi connectivity index (χ0) is 14.5. The third-order valence-corrected chi connectivity index (χ3v) is 3.02. The number of nitrogens with zero attached hydrogens (tertiary/aromatic N) is 2. The van der Waals surface area contributed by atoms with E-state index in [0.29, 0.717) is 12.2 Å². The maximum atomic E-state index is 12.0. The Morgan fingerprint density at radius 2 is 2.25 bits per heavy atom. The van der Waals surface area contributed by atoms with Crippen LogP contribution < -0.4 is 11.1 Å². The number of amides is 1. The third kappa shape index (κ3) is 3.14. The number of nitrogens with two attached hydrogens (primary N) is 1. The first-order valence-corrected chi connectivity index (χ1v) is 6.64. The quantitative estimate of drug-likeness (QED) is 0.770. The SMILES string of the molecule is CCCc1[nH]nc(C(=O)NCc2ccc(C)nc2)c1N. The minimum absolute atomic E-state index is 0.258. The predicted molar refractivity (Wildman–Crippen MR) is 77.1 cm³/mol. The van der Waals surface area contributed by atoms with Crippen molar-refractivity contribution in [2.45, 2.75) is 33.2 Å². The average molecular weight is 273 g/mol. The van der Waals surface area contributed by atoms with Crippen LogP contribution in [0, 0.1) is 6.92 Å². The monoisotopic (exact) mass is 273 g/mol. The van der Waals surface area contributed by atoms with E-state index in [1.807, 2.05) is 26.0 Å². The van der Waals surface area contributed by atoms with Crippen molar-refractivity contribution in [3.63, 3.8) is 0 Å². The summed E-state index contributed by atoms with van der Waals surface area (Å²) in [5.41, 5.74) is 9.30. The van der Waals surface area contributed by atoms with Crippen molar-refractivity contribution in [1.29, 1.82) is 0 Å². The number of rotatable bonds is 5. The van der Waals surface area contributed by atoms with E-state index in [9.17, 15) is 4.79 Å². The van der Waals surface area contributed by atoms with Gasteiger partial charge < -0.3 is 11.1 Å². The summed E-state index contributed by atoms with van der Waals surface area (Å²) in [4.78, 5) is 16.2. The highest BCUT2D eigenvalue weighted by atomic mass is 16.1. The zero-order valence-electron chi connectivity index (χ0n) is 11.7. The number of aromatic nitrogens is 3. The summed E-state index contributed by atoms with van der Waals surface area (Å²) in [5.74, 6) is -0.276. The summed E-state index contributed by atoms with van der Waals surface area (Å²) in [7, 11) is 0. The van der Waals surface area contributed by atoms with Crippen molar-refractivity contribution >= 4 is 11.6 Å². The van der Waals surface area contributed by atoms with Crippen LogP contribution in [0.3, 0.4) is 0 Å². The van der Waals surface area contributed by atoms with Crippen LogP contribution >= 0.6 is 0 Å². The van der Waals surface area contributed by atoms with Crippen LogP contribution in [0.4, 0.5) is 5.69 Å². The number of nitrogen functional groups attached to an aromatic ring is 1. The molecule has 2 heterocycles. The second kappa shape index (κ2) is 6.18. The first kappa shape index (κ1) is 14.0. The number of H-pyrrole nitrogens is 1. The molecule has 6 nitrogen and oxygen atoms in total. The first-order valence-electron chi connectivity index (χ1n) is 6.64. The zero-order valence-corrected chi connectivity index (χ0v) is 11.7. The van der Waals surface area contributed by atoms with E-state index >= 15 is 0 Å². The van der Waals surface area contributed by atoms with Gasteiger partial charge in [0.15, 0.2) is 5.69 Å². The fraction of sp³-hybridized carbons (Fsp3) is 0.357. The fourth-order valence-corrected chi connectivity index (χ4v) is 1.87. The normalized spacial score (nSPS) is 10.5. The lowest BCUT2D eigenvalue weighted by Gasteiger charge is -2.04. The van der Waals surface area contributed by atoms with Crippen molar-refractivity contribution in [1.82, 2.24) is 20.5 Å². The van der Waals surface area contributed by atoms with E-state index in [2.05, 4.69) is 20.5 Å². The number of carbonyl (C=O) groups excluding carboxylic acids is 1. The number of hydrogen-bond acceptors (Lipinski definition) is 4. The highest BCUT2D eigenvalue weighted by molar-refractivity contribution is 5.97. The molecule has 0 fully saturated rings. The molecule has 0 saturated carbocycles. The van der Waals surface area contributed by atoms with Crippen LogP contribution in [0.2, 0.25) is 0 Å². The van der Waals surface area contributed by atoms with E-state index in [4.69, 9.17) is 5.73 Å². The molecule has 0 aliphatic carbocycles. The molecule has 0 atom stereocenters. The van der Waals surface area contributed by atoms with E-state index in [-0.39, 0.29) is 11.6 Å². The van der Waals surface area contributed by atoms with Gasteiger partial charge in [0.25, 0.3) is 5.91 Å². The van der Waals surface area contributed by atoms with E-state index in [0.717, 1.165) is 29.8 Å². The van der Waals surface area contributed by atoms with Gasteiger partial charge in [-0.15, -0.1) is 0 Å². The second-order valence-electron chi connectivity index (χ2n) is 4.70. The van der Waals surface area contributed by atoms with Gasteiger partial charge >= 0.3 is 0 Å². The number of anilines is 1. The lowest BCUT2D eigenvalue weighted by atomic mass is 10.2.